The Morgan fingerprint density at radius 2 is 1.73 bits per heavy atom. The van der Waals surface area contributed by atoms with E-state index in [1.807, 2.05) is 0 Å². The van der Waals surface area contributed by atoms with Gasteiger partial charge in [-0.1, -0.05) is 23.2 Å². The van der Waals surface area contributed by atoms with E-state index in [4.69, 9.17) is 37.4 Å². The highest BCUT2D eigenvalue weighted by molar-refractivity contribution is 6.31. The normalized spacial score (nSPS) is 11.9. The van der Waals surface area contributed by atoms with Gasteiger partial charge in [-0.05, 0) is 56.1 Å². The molecule has 0 atom stereocenters. The van der Waals surface area contributed by atoms with E-state index in [2.05, 4.69) is 27.3 Å². The van der Waals surface area contributed by atoms with Gasteiger partial charge in [-0.15, -0.1) is 0 Å². The second kappa shape index (κ2) is 12.8. The zero-order valence-corrected chi connectivity index (χ0v) is 21.8. The van der Waals surface area contributed by atoms with Crippen LogP contribution in [-0.2, 0) is 9.59 Å². The highest BCUT2D eigenvalue weighted by atomic mass is 35.5. The molecule has 0 unspecified atom stereocenters. The highest BCUT2D eigenvalue weighted by Gasteiger charge is 2.14. The van der Waals surface area contributed by atoms with Crippen LogP contribution >= 0.6 is 23.2 Å². The number of methoxy groups -OCH3 is 2. The van der Waals surface area contributed by atoms with Crippen LogP contribution in [0.2, 0.25) is 5.02 Å². The average molecular weight is 543 g/mol. The lowest BCUT2D eigenvalue weighted by molar-refractivity contribution is -0.126. The summed E-state index contributed by atoms with van der Waals surface area (Å²) in [6.45, 7) is 5.13. The summed E-state index contributed by atoms with van der Waals surface area (Å²) in [6, 6.07) is 11.6. The van der Waals surface area contributed by atoms with Gasteiger partial charge in [-0.3, -0.25) is 14.6 Å². The molecule has 2 N–H and O–H groups in total. The van der Waals surface area contributed by atoms with Crippen molar-refractivity contribution in [2.24, 2.45) is 4.99 Å². The van der Waals surface area contributed by atoms with Gasteiger partial charge in [0.15, 0.2) is 11.5 Å². The van der Waals surface area contributed by atoms with Crippen molar-refractivity contribution in [2.75, 3.05) is 19.5 Å². The van der Waals surface area contributed by atoms with Crippen molar-refractivity contribution in [2.45, 2.75) is 13.3 Å². The molecule has 11 heteroatoms. The Balaban J connectivity index is 1.72. The summed E-state index contributed by atoms with van der Waals surface area (Å²) in [5, 5.41) is 6.46. The molecule has 0 aliphatic rings. The Kier molecular flexibility index (Phi) is 9.48. The van der Waals surface area contributed by atoms with E-state index in [1.165, 1.54) is 20.3 Å². The van der Waals surface area contributed by atoms with Gasteiger partial charge in [0.05, 0.1) is 19.7 Å². The topological polar surface area (TPSA) is 111 Å². The van der Waals surface area contributed by atoms with Crippen LogP contribution in [0.15, 0.2) is 76.3 Å². The number of ether oxygens (including phenoxy) is 3. The van der Waals surface area contributed by atoms with Crippen LogP contribution in [-0.4, -0.2) is 37.7 Å². The van der Waals surface area contributed by atoms with Crippen molar-refractivity contribution in [3.05, 3.63) is 76.4 Å². The number of carbonyl (C=O) groups excluding carboxylic acids is 2. The van der Waals surface area contributed by atoms with Gasteiger partial charge in [0, 0.05) is 34.1 Å². The first-order chi connectivity index (χ1) is 17.7. The lowest BCUT2D eigenvalue weighted by Gasteiger charge is -2.13. The number of hydrogen-bond donors (Lipinski definition) is 2. The van der Waals surface area contributed by atoms with Crippen LogP contribution in [0.3, 0.4) is 0 Å². The van der Waals surface area contributed by atoms with E-state index in [-0.39, 0.29) is 10.9 Å². The summed E-state index contributed by atoms with van der Waals surface area (Å²) < 4.78 is 16.6. The van der Waals surface area contributed by atoms with Gasteiger partial charge < -0.3 is 24.8 Å². The summed E-state index contributed by atoms with van der Waals surface area (Å²) >= 11 is 12.2. The van der Waals surface area contributed by atoms with Gasteiger partial charge in [-0.2, -0.15) is 0 Å². The number of amides is 2. The predicted octanol–water partition coefficient (Wildman–Crippen LogP) is 5.44. The summed E-state index contributed by atoms with van der Waals surface area (Å²) in [7, 11) is 3.06. The first-order valence-corrected chi connectivity index (χ1v) is 11.6. The molecule has 0 radical (unpaired) electrons. The molecule has 0 spiro atoms. The second-order valence-corrected chi connectivity index (χ2v) is 8.40. The molecule has 1 heterocycles. The van der Waals surface area contributed by atoms with Crippen molar-refractivity contribution in [3.63, 3.8) is 0 Å². The van der Waals surface area contributed by atoms with Crippen LogP contribution in [0.4, 0.5) is 5.69 Å². The molecule has 0 bridgehead atoms. The summed E-state index contributed by atoms with van der Waals surface area (Å²) in [5.41, 5.74) is 1.49. The first kappa shape index (κ1) is 27.5. The first-order valence-electron chi connectivity index (χ1n) is 10.8. The Hall–Kier alpha value is -4.08. The number of fused-ring (bicyclic) bond motifs is 1. The minimum Gasteiger partial charge on any atom is -0.493 e. The smallest absolute Gasteiger partial charge is 0.237 e. The third kappa shape index (κ3) is 7.45. The van der Waals surface area contributed by atoms with Crippen LogP contribution in [0.1, 0.15) is 13.3 Å². The lowest BCUT2D eigenvalue weighted by Crippen LogP contribution is -2.26. The predicted molar refractivity (Wildman–Crippen MR) is 145 cm³/mol. The Morgan fingerprint density at radius 1 is 1.05 bits per heavy atom. The zero-order chi connectivity index (χ0) is 26.9. The fourth-order valence-electron chi connectivity index (χ4n) is 3.23. The molecule has 0 saturated carbocycles. The summed E-state index contributed by atoms with van der Waals surface area (Å²) in [4.78, 5) is 32.6. The van der Waals surface area contributed by atoms with E-state index in [0.29, 0.717) is 44.6 Å². The molecule has 37 heavy (non-hydrogen) atoms. The largest absolute Gasteiger partial charge is 0.493 e. The van der Waals surface area contributed by atoms with Crippen molar-refractivity contribution in [1.82, 2.24) is 10.3 Å². The number of halogens is 2. The molecule has 0 aliphatic carbocycles. The SMILES string of the molecule is C=N/C(Oc1ccnc2cc(OC)c(OC)cc12)=C(Cl)\C=C(/C)NC(=O)CC(=O)Nc1ccc(Cl)cc1. The molecular weight excluding hydrogens is 519 g/mol. The van der Waals surface area contributed by atoms with Gasteiger partial charge in [0.25, 0.3) is 0 Å². The van der Waals surface area contributed by atoms with Crippen molar-refractivity contribution in [3.8, 4) is 17.2 Å². The van der Waals surface area contributed by atoms with Crippen LogP contribution in [0, 0.1) is 0 Å². The molecule has 0 fully saturated rings. The molecule has 0 aliphatic heterocycles. The van der Waals surface area contributed by atoms with Gasteiger partial charge in [0.1, 0.15) is 17.2 Å². The fourth-order valence-corrected chi connectivity index (χ4v) is 3.62. The Morgan fingerprint density at radius 3 is 2.38 bits per heavy atom. The van der Waals surface area contributed by atoms with E-state index in [1.54, 1.807) is 55.6 Å². The quantitative estimate of drug-likeness (QED) is 0.153. The zero-order valence-electron chi connectivity index (χ0n) is 20.3. The Bertz CT molecular complexity index is 1390. The molecule has 192 valence electrons. The molecule has 3 aromatic rings. The molecule has 0 saturated heterocycles. The number of aromatic nitrogens is 1. The minimum atomic E-state index is -0.528. The standard InChI is InChI=1S/C26H24Cl2N4O5/c1-15(31-24(33)14-25(34)32-17-7-5-16(27)6-8-17)11-19(28)26(29-2)37-21-9-10-30-20-13-23(36-4)22(35-3)12-18(20)21/h5-13H,2,14H2,1,3-4H3,(H,31,33)(H,32,34)/b15-11+,26-19-. The number of rotatable bonds is 10. The van der Waals surface area contributed by atoms with Crippen LogP contribution in [0.25, 0.3) is 10.9 Å². The van der Waals surface area contributed by atoms with E-state index >= 15 is 0 Å². The number of pyridine rings is 1. The summed E-state index contributed by atoms with van der Waals surface area (Å²) in [6.07, 6.45) is 2.61. The number of allylic oxidation sites excluding steroid dienone is 3. The van der Waals surface area contributed by atoms with Gasteiger partial charge >= 0.3 is 0 Å². The number of benzene rings is 2. The molecule has 2 aromatic carbocycles. The minimum absolute atomic E-state index is 0.00182. The average Bonchev–Trinajstić information content (AvgIpc) is 2.87. The molecular formula is C26H24Cl2N4O5. The van der Waals surface area contributed by atoms with E-state index in [9.17, 15) is 9.59 Å². The van der Waals surface area contributed by atoms with Crippen molar-refractivity contribution < 1.29 is 23.8 Å². The summed E-state index contributed by atoms with van der Waals surface area (Å²) in [5.74, 6) is 0.405. The molecule has 2 amide bonds. The van der Waals surface area contributed by atoms with Crippen LogP contribution < -0.4 is 24.8 Å². The number of carbonyl (C=O) groups is 2. The van der Waals surface area contributed by atoms with Crippen molar-refractivity contribution >= 4 is 58.3 Å². The lowest BCUT2D eigenvalue weighted by atomic mass is 10.2. The van der Waals surface area contributed by atoms with Crippen LogP contribution in [0.5, 0.6) is 17.2 Å². The molecule has 1 aromatic heterocycles. The maximum absolute atomic E-state index is 12.3. The van der Waals surface area contributed by atoms with E-state index in [0.717, 1.165) is 0 Å². The number of hydrogen-bond acceptors (Lipinski definition) is 7. The monoisotopic (exact) mass is 542 g/mol. The van der Waals surface area contributed by atoms with Crippen molar-refractivity contribution in [1.29, 1.82) is 0 Å². The fraction of sp³-hybridized carbons (Fsp3) is 0.154. The maximum atomic E-state index is 12.3. The van der Waals surface area contributed by atoms with Gasteiger partial charge in [0.2, 0.25) is 17.7 Å². The second-order valence-electron chi connectivity index (χ2n) is 7.55. The third-order valence-corrected chi connectivity index (χ3v) is 5.41. The molecule has 3 rings (SSSR count). The third-order valence-electron chi connectivity index (χ3n) is 4.89. The highest BCUT2D eigenvalue weighted by Crippen LogP contribution is 2.36. The maximum Gasteiger partial charge on any atom is 0.237 e. The van der Waals surface area contributed by atoms with E-state index < -0.39 is 18.2 Å². The Labute approximate surface area is 223 Å². The van der Waals surface area contributed by atoms with Gasteiger partial charge in [-0.25, -0.2) is 4.99 Å². The number of nitrogens with one attached hydrogen (secondary N) is 2. The number of anilines is 1. The molecule has 9 nitrogen and oxygen atoms in total. The number of aliphatic imine (C=N–C) groups is 1. The number of nitrogens with zero attached hydrogens (tertiary/aromatic N) is 2.